The van der Waals surface area contributed by atoms with Crippen LogP contribution < -0.4 is 9.16 Å². The smallest absolute Gasteiger partial charge is 0.242 e. The normalized spacial score (nSPS) is 11.2. The maximum Gasteiger partial charge on any atom is 0.242 e. The molecule has 0 saturated carbocycles. The van der Waals surface area contributed by atoms with Gasteiger partial charge in [0.05, 0.1) is 7.11 Å². The van der Waals surface area contributed by atoms with Gasteiger partial charge in [-0.25, -0.2) is 0 Å². The Labute approximate surface area is 90.9 Å². The zero-order valence-corrected chi connectivity index (χ0v) is 10.7. The molecular formula is C10H15ClO2Si. The van der Waals surface area contributed by atoms with E-state index in [1.165, 1.54) is 0 Å². The van der Waals surface area contributed by atoms with Crippen molar-refractivity contribution >= 4 is 19.9 Å². The van der Waals surface area contributed by atoms with Crippen molar-refractivity contribution in [2.75, 3.05) is 7.11 Å². The van der Waals surface area contributed by atoms with Crippen LogP contribution in [-0.2, 0) is 0 Å². The minimum Gasteiger partial charge on any atom is -0.542 e. The fourth-order valence-corrected chi connectivity index (χ4v) is 2.05. The number of halogens is 1. The van der Waals surface area contributed by atoms with Crippen molar-refractivity contribution in [3.8, 4) is 11.5 Å². The van der Waals surface area contributed by atoms with E-state index in [4.69, 9.17) is 20.8 Å². The van der Waals surface area contributed by atoms with Crippen molar-refractivity contribution in [2.45, 2.75) is 19.6 Å². The van der Waals surface area contributed by atoms with Gasteiger partial charge in [0.1, 0.15) is 5.75 Å². The van der Waals surface area contributed by atoms with E-state index >= 15 is 0 Å². The summed E-state index contributed by atoms with van der Waals surface area (Å²) < 4.78 is 11.0. The summed E-state index contributed by atoms with van der Waals surface area (Å²) in [6.07, 6.45) is 0. The maximum atomic E-state index is 5.84. The topological polar surface area (TPSA) is 18.5 Å². The van der Waals surface area contributed by atoms with E-state index in [1.807, 2.05) is 6.07 Å². The molecule has 0 fully saturated rings. The van der Waals surface area contributed by atoms with E-state index in [2.05, 4.69) is 19.6 Å². The summed E-state index contributed by atoms with van der Waals surface area (Å²) >= 11 is 5.84. The molecule has 0 aromatic heterocycles. The first-order chi connectivity index (χ1) is 6.42. The van der Waals surface area contributed by atoms with E-state index in [-0.39, 0.29) is 0 Å². The van der Waals surface area contributed by atoms with Gasteiger partial charge >= 0.3 is 0 Å². The zero-order chi connectivity index (χ0) is 10.8. The second-order valence-electron chi connectivity index (χ2n) is 4.01. The highest BCUT2D eigenvalue weighted by Crippen LogP contribution is 2.31. The van der Waals surface area contributed by atoms with Crippen molar-refractivity contribution in [1.29, 1.82) is 0 Å². The molecule has 4 heteroatoms. The van der Waals surface area contributed by atoms with E-state index in [9.17, 15) is 0 Å². The van der Waals surface area contributed by atoms with Gasteiger partial charge in [-0.05, 0) is 31.8 Å². The standard InChI is InChI=1S/C10H15ClO2Si/c1-12-10-7-8(11)5-6-9(10)13-14(2,3)4/h5-7H,1-4H3. The molecule has 0 atom stereocenters. The fourth-order valence-electron chi connectivity index (χ4n) is 1.06. The average molecular weight is 231 g/mol. The van der Waals surface area contributed by atoms with Gasteiger partial charge in [0.2, 0.25) is 8.32 Å². The van der Waals surface area contributed by atoms with Crippen molar-refractivity contribution in [3.63, 3.8) is 0 Å². The maximum absolute atomic E-state index is 5.84. The van der Waals surface area contributed by atoms with Gasteiger partial charge in [-0.2, -0.15) is 0 Å². The minimum absolute atomic E-state index is 0.657. The number of hydrogen-bond donors (Lipinski definition) is 0. The molecule has 0 N–H and O–H groups in total. The predicted octanol–water partition coefficient (Wildman–Crippen LogP) is 3.56. The molecule has 78 valence electrons. The Balaban J connectivity index is 2.97. The largest absolute Gasteiger partial charge is 0.542 e. The van der Waals surface area contributed by atoms with Crippen LogP contribution >= 0.6 is 11.6 Å². The molecule has 0 heterocycles. The van der Waals surface area contributed by atoms with E-state index in [1.54, 1.807) is 19.2 Å². The summed E-state index contributed by atoms with van der Waals surface area (Å²) in [6.45, 7) is 6.38. The highest BCUT2D eigenvalue weighted by atomic mass is 35.5. The second kappa shape index (κ2) is 4.23. The molecule has 0 aliphatic heterocycles. The number of hydrogen-bond acceptors (Lipinski definition) is 2. The number of methoxy groups -OCH3 is 1. The Morgan fingerprint density at radius 3 is 2.29 bits per heavy atom. The number of ether oxygens (including phenoxy) is 1. The van der Waals surface area contributed by atoms with Gasteiger partial charge in [-0.15, -0.1) is 0 Å². The van der Waals surface area contributed by atoms with E-state index in [0.29, 0.717) is 10.8 Å². The molecular weight excluding hydrogens is 216 g/mol. The number of benzene rings is 1. The van der Waals surface area contributed by atoms with Crippen molar-refractivity contribution in [2.24, 2.45) is 0 Å². The monoisotopic (exact) mass is 230 g/mol. The molecule has 1 aromatic rings. The lowest BCUT2D eigenvalue weighted by molar-refractivity contribution is 0.392. The first-order valence-electron chi connectivity index (χ1n) is 4.45. The third-order valence-electron chi connectivity index (χ3n) is 1.54. The summed E-state index contributed by atoms with van der Waals surface area (Å²) in [5.74, 6) is 1.47. The van der Waals surface area contributed by atoms with Crippen molar-refractivity contribution in [3.05, 3.63) is 23.2 Å². The predicted molar refractivity (Wildman–Crippen MR) is 62.0 cm³/mol. The van der Waals surface area contributed by atoms with Crippen LogP contribution in [0.2, 0.25) is 24.7 Å². The molecule has 1 aromatic carbocycles. The van der Waals surface area contributed by atoms with Gasteiger partial charge in [0.25, 0.3) is 0 Å². The summed E-state index contributed by atoms with van der Waals surface area (Å²) in [7, 11) is 0.0277. The van der Waals surface area contributed by atoms with Crippen molar-refractivity contribution < 1.29 is 9.16 Å². The molecule has 0 saturated heterocycles. The fraction of sp³-hybridized carbons (Fsp3) is 0.400. The molecule has 0 amide bonds. The summed E-state index contributed by atoms with van der Waals surface area (Å²) in [6, 6.07) is 5.41. The molecule has 2 nitrogen and oxygen atoms in total. The van der Waals surface area contributed by atoms with Crippen LogP contribution in [0.15, 0.2) is 18.2 Å². The average Bonchev–Trinajstić information content (AvgIpc) is 2.06. The summed E-state index contributed by atoms with van der Waals surface area (Å²) in [4.78, 5) is 0. The SMILES string of the molecule is COc1cc(Cl)ccc1O[Si](C)(C)C. The Kier molecular flexibility index (Phi) is 3.45. The van der Waals surface area contributed by atoms with E-state index in [0.717, 1.165) is 5.75 Å². The lowest BCUT2D eigenvalue weighted by Gasteiger charge is -2.20. The summed E-state index contributed by atoms with van der Waals surface area (Å²) in [5.41, 5.74) is 0. The molecule has 14 heavy (non-hydrogen) atoms. The molecule has 0 aliphatic carbocycles. The van der Waals surface area contributed by atoms with Crippen LogP contribution in [-0.4, -0.2) is 15.4 Å². The molecule has 0 aliphatic rings. The molecule has 0 radical (unpaired) electrons. The molecule has 1 rings (SSSR count). The quantitative estimate of drug-likeness (QED) is 0.740. The lowest BCUT2D eigenvalue weighted by Crippen LogP contribution is -2.29. The Morgan fingerprint density at radius 2 is 1.79 bits per heavy atom. The molecule has 0 bridgehead atoms. The number of rotatable bonds is 3. The third-order valence-corrected chi connectivity index (χ3v) is 2.61. The van der Waals surface area contributed by atoms with Crippen LogP contribution in [0.4, 0.5) is 0 Å². The van der Waals surface area contributed by atoms with Crippen LogP contribution in [0.25, 0.3) is 0 Å². The van der Waals surface area contributed by atoms with Crippen molar-refractivity contribution in [1.82, 2.24) is 0 Å². The second-order valence-corrected chi connectivity index (χ2v) is 8.87. The van der Waals surface area contributed by atoms with Crippen LogP contribution in [0.5, 0.6) is 11.5 Å². The van der Waals surface area contributed by atoms with Crippen LogP contribution in [0.1, 0.15) is 0 Å². The lowest BCUT2D eigenvalue weighted by atomic mass is 10.3. The van der Waals surface area contributed by atoms with Crippen LogP contribution in [0, 0.1) is 0 Å². The highest BCUT2D eigenvalue weighted by Gasteiger charge is 2.18. The summed E-state index contributed by atoms with van der Waals surface area (Å²) in [5, 5.41) is 0.657. The first-order valence-corrected chi connectivity index (χ1v) is 8.23. The van der Waals surface area contributed by atoms with Gasteiger partial charge in [0.15, 0.2) is 5.75 Å². The Hall–Kier alpha value is -0.673. The molecule has 0 spiro atoms. The van der Waals surface area contributed by atoms with Crippen LogP contribution in [0.3, 0.4) is 0 Å². The third kappa shape index (κ3) is 3.23. The molecule has 0 unspecified atom stereocenters. The van der Waals surface area contributed by atoms with Gasteiger partial charge in [0, 0.05) is 11.1 Å². The minimum atomic E-state index is -1.59. The Bertz CT molecular complexity index is 320. The van der Waals surface area contributed by atoms with Gasteiger partial charge < -0.3 is 9.16 Å². The highest BCUT2D eigenvalue weighted by molar-refractivity contribution is 6.70. The first kappa shape index (κ1) is 11.4. The zero-order valence-electron chi connectivity index (χ0n) is 8.93. The van der Waals surface area contributed by atoms with Gasteiger partial charge in [-0.1, -0.05) is 11.6 Å². The van der Waals surface area contributed by atoms with E-state index < -0.39 is 8.32 Å². The van der Waals surface area contributed by atoms with Gasteiger partial charge in [-0.3, -0.25) is 0 Å². The Morgan fingerprint density at radius 1 is 1.14 bits per heavy atom.